The van der Waals surface area contributed by atoms with Gasteiger partial charge in [0.05, 0.1) is 5.52 Å². The van der Waals surface area contributed by atoms with Gasteiger partial charge in [-0.3, -0.25) is 0 Å². The summed E-state index contributed by atoms with van der Waals surface area (Å²) in [5.41, 5.74) is 4.78. The van der Waals surface area contributed by atoms with E-state index in [-0.39, 0.29) is 0 Å². The van der Waals surface area contributed by atoms with Crippen molar-refractivity contribution in [3.8, 4) is 0 Å². The molecule has 0 radical (unpaired) electrons. The molecule has 0 saturated heterocycles. The normalized spacial score (nSPS) is 11.3. The Hall–Kier alpha value is -3.46. The molecule has 4 nitrogen and oxygen atoms in total. The van der Waals surface area contributed by atoms with Crippen LogP contribution < -0.4 is 0 Å². The molecule has 3 aromatic carbocycles. The fourth-order valence-electron chi connectivity index (χ4n) is 3.19. The average molecular weight is 339 g/mol. The monoisotopic (exact) mass is 339 g/mol. The number of aromatic nitrogens is 3. The van der Waals surface area contributed by atoms with Crippen molar-refractivity contribution < 1.29 is 5.11 Å². The Morgan fingerprint density at radius 1 is 0.846 bits per heavy atom. The second kappa shape index (κ2) is 6.45. The maximum absolute atomic E-state index is 11.9. The molecule has 0 fully saturated rings. The van der Waals surface area contributed by atoms with E-state index in [1.54, 1.807) is 4.68 Å². The minimum Gasteiger partial charge on any atom is -0.374 e. The lowest BCUT2D eigenvalue weighted by atomic mass is 9.83. The molecule has 4 heteroatoms. The minimum atomic E-state index is -1.47. The van der Waals surface area contributed by atoms with Gasteiger partial charge in [-0.1, -0.05) is 84.6 Å². The van der Waals surface area contributed by atoms with Crippen molar-refractivity contribution >= 4 is 16.7 Å². The lowest BCUT2D eigenvalue weighted by Gasteiger charge is -2.30. The Kier molecular flexibility index (Phi) is 3.98. The molecule has 0 amide bonds. The quantitative estimate of drug-likeness (QED) is 0.572. The van der Waals surface area contributed by atoms with E-state index in [9.17, 15) is 5.11 Å². The van der Waals surface area contributed by atoms with Gasteiger partial charge in [0.1, 0.15) is 11.2 Å². The van der Waals surface area contributed by atoms with Crippen molar-refractivity contribution in [3.63, 3.8) is 0 Å². The third-order valence-corrected chi connectivity index (χ3v) is 4.46. The molecule has 0 bridgehead atoms. The lowest BCUT2D eigenvalue weighted by molar-refractivity contribution is 0.138. The van der Waals surface area contributed by atoms with Crippen molar-refractivity contribution in [1.29, 1.82) is 0 Å². The summed E-state index contributed by atoms with van der Waals surface area (Å²) >= 11 is 0. The van der Waals surface area contributed by atoms with Gasteiger partial charge in [-0.05, 0) is 23.3 Å². The van der Waals surface area contributed by atoms with E-state index in [0.29, 0.717) is 16.8 Å². The molecule has 4 rings (SSSR count). The number of benzene rings is 3. The fraction of sp³-hybridized carbons (Fsp3) is 0.0455. The van der Waals surface area contributed by atoms with E-state index >= 15 is 0 Å². The summed E-state index contributed by atoms with van der Waals surface area (Å²) in [6.07, 6.45) is 0. The minimum absolute atomic E-state index is 0.406. The van der Waals surface area contributed by atoms with Gasteiger partial charge < -0.3 is 5.11 Å². The van der Waals surface area contributed by atoms with E-state index < -0.39 is 5.60 Å². The fourth-order valence-corrected chi connectivity index (χ4v) is 3.19. The van der Waals surface area contributed by atoms with Crippen LogP contribution in [0.25, 0.3) is 16.7 Å². The van der Waals surface area contributed by atoms with Gasteiger partial charge in [0, 0.05) is 0 Å². The van der Waals surface area contributed by atoms with Crippen molar-refractivity contribution in [1.82, 2.24) is 15.0 Å². The number of nitrogens with zero attached hydrogens (tertiary/aromatic N) is 3. The van der Waals surface area contributed by atoms with Crippen LogP contribution in [-0.4, -0.2) is 20.1 Å². The second-order valence-corrected chi connectivity index (χ2v) is 5.96. The Morgan fingerprint density at radius 3 is 1.96 bits per heavy atom. The second-order valence-electron chi connectivity index (χ2n) is 5.96. The molecule has 0 aliphatic rings. The number of hydrogen-bond donors (Lipinski definition) is 1. The molecular weight excluding hydrogens is 322 g/mol. The molecule has 4 aromatic rings. The highest BCUT2D eigenvalue weighted by atomic mass is 16.3. The first-order valence-electron chi connectivity index (χ1n) is 8.30. The molecule has 126 valence electrons. The van der Waals surface area contributed by atoms with Crippen LogP contribution in [0.3, 0.4) is 0 Å². The number of aliphatic hydroxyl groups is 1. The molecule has 26 heavy (non-hydrogen) atoms. The van der Waals surface area contributed by atoms with Crippen LogP contribution in [0.15, 0.2) is 97.2 Å². The number of hydrogen-bond acceptors (Lipinski definition) is 3. The number of rotatable bonds is 4. The van der Waals surface area contributed by atoms with Crippen LogP contribution >= 0.6 is 0 Å². The topological polar surface area (TPSA) is 50.9 Å². The van der Waals surface area contributed by atoms with E-state index in [1.165, 1.54) is 0 Å². The highest BCUT2D eigenvalue weighted by molar-refractivity contribution is 5.80. The van der Waals surface area contributed by atoms with Crippen LogP contribution in [-0.2, 0) is 5.60 Å². The van der Waals surface area contributed by atoms with Crippen LogP contribution in [0.2, 0.25) is 0 Å². The Labute approximate surface area is 151 Å². The summed E-state index contributed by atoms with van der Waals surface area (Å²) in [5.74, 6) is 0. The van der Waals surface area contributed by atoms with Crippen molar-refractivity contribution in [3.05, 3.63) is 108 Å². The first kappa shape index (κ1) is 16.0. The van der Waals surface area contributed by atoms with Crippen LogP contribution in [0.5, 0.6) is 0 Å². The Morgan fingerprint density at radius 2 is 1.38 bits per heavy atom. The zero-order chi connectivity index (χ0) is 18.0. The van der Waals surface area contributed by atoms with Gasteiger partial charge in [-0.15, -0.1) is 10.8 Å². The standard InChI is InChI=1S/C22H17N3O/c1-2-21(25-20-16-10-9-15-19(20)23-24-25)22(26,17-11-5-3-6-12-17)18-13-7-4-8-14-18/h3-16,26H,1H2. The van der Waals surface area contributed by atoms with Gasteiger partial charge in [-0.2, -0.15) is 0 Å². The molecule has 1 heterocycles. The highest BCUT2D eigenvalue weighted by Crippen LogP contribution is 2.39. The first-order chi connectivity index (χ1) is 12.7. The zero-order valence-electron chi connectivity index (χ0n) is 14.1. The predicted octanol–water partition coefficient (Wildman–Crippen LogP) is 3.99. The highest BCUT2D eigenvalue weighted by Gasteiger charge is 2.38. The molecule has 0 unspecified atom stereocenters. The van der Waals surface area contributed by atoms with Crippen molar-refractivity contribution in [2.45, 2.75) is 5.60 Å². The van der Waals surface area contributed by atoms with Crippen LogP contribution in [0, 0.1) is 0 Å². The molecule has 1 aromatic heterocycles. The van der Waals surface area contributed by atoms with E-state index in [0.717, 1.165) is 11.0 Å². The Balaban J connectivity index is 2.01. The van der Waals surface area contributed by atoms with E-state index in [2.05, 4.69) is 22.6 Å². The van der Waals surface area contributed by atoms with Crippen LogP contribution in [0.4, 0.5) is 0 Å². The molecule has 1 N–H and O–H groups in total. The molecule has 0 aliphatic carbocycles. The molecule has 0 atom stereocenters. The summed E-state index contributed by atoms with van der Waals surface area (Å²) < 4.78 is 1.60. The van der Waals surface area contributed by atoms with E-state index in [4.69, 9.17) is 0 Å². The van der Waals surface area contributed by atoms with Gasteiger partial charge in [-0.25, -0.2) is 4.68 Å². The molecule has 0 spiro atoms. The molecule has 0 aliphatic heterocycles. The third-order valence-electron chi connectivity index (χ3n) is 4.46. The molecule has 0 saturated carbocycles. The summed E-state index contributed by atoms with van der Waals surface area (Å²) in [4.78, 5) is 0. The Bertz CT molecular complexity index is 1050. The summed E-state index contributed by atoms with van der Waals surface area (Å²) in [5, 5.41) is 20.4. The van der Waals surface area contributed by atoms with Gasteiger partial charge in [0.2, 0.25) is 0 Å². The van der Waals surface area contributed by atoms with Crippen molar-refractivity contribution in [2.24, 2.45) is 0 Å². The third kappa shape index (κ3) is 2.45. The van der Waals surface area contributed by atoms with Gasteiger partial charge in [0.25, 0.3) is 0 Å². The largest absolute Gasteiger partial charge is 0.374 e. The lowest BCUT2D eigenvalue weighted by Crippen LogP contribution is -2.31. The summed E-state index contributed by atoms with van der Waals surface area (Å²) in [7, 11) is 0. The number of fused-ring (bicyclic) bond motifs is 1. The summed E-state index contributed by atoms with van der Waals surface area (Å²) in [6, 6.07) is 26.5. The number of para-hydroxylation sites is 1. The molecular formula is C22H17N3O. The first-order valence-corrected chi connectivity index (χ1v) is 8.30. The maximum Gasteiger partial charge on any atom is 0.164 e. The van der Waals surface area contributed by atoms with E-state index in [1.807, 2.05) is 84.9 Å². The maximum atomic E-state index is 11.9. The predicted molar refractivity (Wildman–Crippen MR) is 102 cm³/mol. The van der Waals surface area contributed by atoms with Crippen LogP contribution in [0.1, 0.15) is 11.1 Å². The van der Waals surface area contributed by atoms with Crippen molar-refractivity contribution in [2.75, 3.05) is 0 Å². The van der Waals surface area contributed by atoms with Gasteiger partial charge >= 0.3 is 0 Å². The average Bonchev–Trinajstić information content (AvgIpc) is 3.14. The SMILES string of the molecule is C=C=C(n1nnc2ccccc21)C(O)(c1ccccc1)c1ccccc1. The summed E-state index contributed by atoms with van der Waals surface area (Å²) in [6.45, 7) is 3.83. The smallest absolute Gasteiger partial charge is 0.164 e. The zero-order valence-corrected chi connectivity index (χ0v) is 14.1. The van der Waals surface area contributed by atoms with Gasteiger partial charge in [0.15, 0.2) is 5.60 Å².